The van der Waals surface area contributed by atoms with Crippen LogP contribution in [0.25, 0.3) is 21.5 Å². The second-order valence-electron chi connectivity index (χ2n) is 4.77. The normalized spacial score (nSPS) is 11.0. The number of aryl methyl sites for hydroxylation is 2. The van der Waals surface area contributed by atoms with Gasteiger partial charge in [0.25, 0.3) is 0 Å². The fourth-order valence-electron chi connectivity index (χ4n) is 2.64. The van der Waals surface area contributed by atoms with E-state index in [4.69, 9.17) is 0 Å². The van der Waals surface area contributed by atoms with Crippen molar-refractivity contribution in [3.05, 3.63) is 59.2 Å². The molecule has 18 heavy (non-hydrogen) atoms. The Morgan fingerprint density at radius 2 is 1.56 bits per heavy atom. The smallest absolute Gasteiger partial charge is 0.150 e. The Bertz CT molecular complexity index is 769. The summed E-state index contributed by atoms with van der Waals surface area (Å²) < 4.78 is 0. The number of carbonyl (C=O) groups excluding carboxylic acids is 1. The lowest BCUT2D eigenvalue weighted by Gasteiger charge is -2.10. The third-order valence-corrected chi connectivity index (χ3v) is 3.64. The number of fused-ring (bicyclic) bond motifs is 2. The van der Waals surface area contributed by atoms with Crippen LogP contribution in [0.3, 0.4) is 0 Å². The monoisotopic (exact) mass is 234 g/mol. The van der Waals surface area contributed by atoms with Gasteiger partial charge in [-0.2, -0.15) is 0 Å². The number of hydrogen-bond acceptors (Lipinski definition) is 1. The van der Waals surface area contributed by atoms with Gasteiger partial charge in [0.1, 0.15) is 0 Å². The Morgan fingerprint density at radius 1 is 0.889 bits per heavy atom. The number of rotatable bonds is 1. The molecule has 0 bridgehead atoms. The Kier molecular flexibility index (Phi) is 2.41. The molecule has 0 aliphatic rings. The summed E-state index contributed by atoms with van der Waals surface area (Å²) in [6.07, 6.45) is 0.958. The minimum atomic E-state index is 0.817. The van der Waals surface area contributed by atoms with Crippen LogP contribution in [0.4, 0.5) is 0 Å². The highest BCUT2D eigenvalue weighted by molar-refractivity contribution is 6.02. The van der Waals surface area contributed by atoms with Gasteiger partial charge in [0, 0.05) is 5.56 Å². The summed E-state index contributed by atoms with van der Waals surface area (Å²) in [5.74, 6) is 0. The summed E-state index contributed by atoms with van der Waals surface area (Å²) in [5, 5.41) is 4.83. The average molecular weight is 234 g/mol. The van der Waals surface area contributed by atoms with Crippen LogP contribution >= 0.6 is 0 Å². The zero-order chi connectivity index (χ0) is 12.7. The molecule has 0 aliphatic heterocycles. The maximum absolute atomic E-state index is 11.2. The topological polar surface area (TPSA) is 17.1 Å². The molecule has 0 N–H and O–H groups in total. The first-order valence-corrected chi connectivity index (χ1v) is 6.08. The van der Waals surface area contributed by atoms with E-state index in [1.165, 1.54) is 21.5 Å². The largest absolute Gasteiger partial charge is 0.298 e. The molecule has 3 aromatic carbocycles. The van der Waals surface area contributed by atoms with E-state index in [9.17, 15) is 4.79 Å². The molecule has 0 heterocycles. The van der Waals surface area contributed by atoms with Gasteiger partial charge >= 0.3 is 0 Å². The van der Waals surface area contributed by atoms with Gasteiger partial charge in [-0.25, -0.2) is 0 Å². The SMILES string of the molecule is Cc1cc2cc3ccccc3cc2c(C)c1C=O. The summed E-state index contributed by atoms with van der Waals surface area (Å²) in [6.45, 7) is 4.01. The number of aldehydes is 1. The van der Waals surface area contributed by atoms with E-state index in [2.05, 4.69) is 30.3 Å². The molecule has 0 fully saturated rings. The van der Waals surface area contributed by atoms with Gasteiger partial charge in [0.15, 0.2) is 6.29 Å². The van der Waals surface area contributed by atoms with Crippen LogP contribution in [0, 0.1) is 13.8 Å². The predicted molar refractivity (Wildman–Crippen MR) is 76.3 cm³/mol. The van der Waals surface area contributed by atoms with Crippen molar-refractivity contribution >= 4 is 27.8 Å². The minimum Gasteiger partial charge on any atom is -0.298 e. The zero-order valence-electron chi connectivity index (χ0n) is 10.5. The molecule has 0 saturated carbocycles. The van der Waals surface area contributed by atoms with E-state index in [0.717, 1.165) is 23.0 Å². The molecule has 3 aromatic rings. The fraction of sp³-hybridized carbons (Fsp3) is 0.118. The molecule has 0 unspecified atom stereocenters. The first-order chi connectivity index (χ1) is 8.70. The van der Waals surface area contributed by atoms with E-state index >= 15 is 0 Å². The molecule has 0 spiro atoms. The number of carbonyl (C=O) groups is 1. The third kappa shape index (κ3) is 1.52. The van der Waals surface area contributed by atoms with E-state index in [1.807, 2.05) is 26.0 Å². The standard InChI is InChI=1S/C17H14O/c1-11-7-15-8-13-5-3-4-6-14(13)9-16(15)12(2)17(11)10-18/h3-10H,1-2H3. The molecule has 0 atom stereocenters. The van der Waals surface area contributed by atoms with Crippen LogP contribution in [0.1, 0.15) is 21.5 Å². The molecule has 1 heteroatoms. The second kappa shape index (κ2) is 3.95. The number of hydrogen-bond donors (Lipinski definition) is 0. The maximum atomic E-state index is 11.2. The Morgan fingerprint density at radius 3 is 2.22 bits per heavy atom. The van der Waals surface area contributed by atoms with Crippen molar-refractivity contribution in [1.29, 1.82) is 0 Å². The molecular formula is C17H14O. The molecule has 0 aromatic heterocycles. The molecule has 88 valence electrons. The van der Waals surface area contributed by atoms with Crippen molar-refractivity contribution in [2.24, 2.45) is 0 Å². The first kappa shape index (κ1) is 11.0. The summed E-state index contributed by atoms with van der Waals surface area (Å²) >= 11 is 0. The highest BCUT2D eigenvalue weighted by Crippen LogP contribution is 2.28. The van der Waals surface area contributed by atoms with Crippen LogP contribution in [0.2, 0.25) is 0 Å². The molecular weight excluding hydrogens is 220 g/mol. The molecule has 0 amide bonds. The quantitative estimate of drug-likeness (QED) is 0.450. The van der Waals surface area contributed by atoms with Gasteiger partial charge < -0.3 is 0 Å². The maximum Gasteiger partial charge on any atom is 0.150 e. The van der Waals surface area contributed by atoms with Gasteiger partial charge in [-0.1, -0.05) is 30.3 Å². The van der Waals surface area contributed by atoms with Crippen molar-refractivity contribution in [2.45, 2.75) is 13.8 Å². The van der Waals surface area contributed by atoms with Crippen molar-refractivity contribution in [3.8, 4) is 0 Å². The van der Waals surface area contributed by atoms with Gasteiger partial charge in [-0.3, -0.25) is 4.79 Å². The molecule has 3 rings (SSSR count). The van der Waals surface area contributed by atoms with Gasteiger partial charge in [0.05, 0.1) is 0 Å². The van der Waals surface area contributed by atoms with Crippen LogP contribution in [0.5, 0.6) is 0 Å². The van der Waals surface area contributed by atoms with Crippen molar-refractivity contribution in [1.82, 2.24) is 0 Å². The fourth-order valence-corrected chi connectivity index (χ4v) is 2.64. The summed E-state index contributed by atoms with van der Waals surface area (Å²) in [7, 11) is 0. The highest BCUT2D eigenvalue weighted by Gasteiger charge is 2.07. The van der Waals surface area contributed by atoms with Gasteiger partial charge in [-0.05, 0) is 58.7 Å². The van der Waals surface area contributed by atoms with Crippen molar-refractivity contribution < 1.29 is 4.79 Å². The Labute approximate surface area is 106 Å². The summed E-state index contributed by atoms with van der Waals surface area (Å²) in [5.41, 5.74) is 2.94. The van der Waals surface area contributed by atoms with E-state index in [0.29, 0.717) is 0 Å². The highest BCUT2D eigenvalue weighted by atomic mass is 16.1. The number of benzene rings is 3. The lowest BCUT2D eigenvalue weighted by Crippen LogP contribution is -1.93. The van der Waals surface area contributed by atoms with E-state index in [1.54, 1.807) is 0 Å². The lowest BCUT2D eigenvalue weighted by atomic mass is 9.94. The van der Waals surface area contributed by atoms with Gasteiger partial charge in [-0.15, -0.1) is 0 Å². The van der Waals surface area contributed by atoms with E-state index < -0.39 is 0 Å². The second-order valence-corrected chi connectivity index (χ2v) is 4.77. The molecule has 0 radical (unpaired) electrons. The van der Waals surface area contributed by atoms with Crippen LogP contribution in [-0.4, -0.2) is 6.29 Å². The summed E-state index contributed by atoms with van der Waals surface area (Å²) in [4.78, 5) is 11.2. The average Bonchev–Trinajstić information content (AvgIpc) is 2.37. The van der Waals surface area contributed by atoms with E-state index in [-0.39, 0.29) is 0 Å². The zero-order valence-corrected chi connectivity index (χ0v) is 10.5. The minimum absolute atomic E-state index is 0.817. The van der Waals surface area contributed by atoms with Gasteiger partial charge in [0.2, 0.25) is 0 Å². The predicted octanol–water partition coefficient (Wildman–Crippen LogP) is 4.42. The Hall–Kier alpha value is -2.15. The first-order valence-electron chi connectivity index (χ1n) is 6.08. The molecule has 0 saturated heterocycles. The molecule has 1 nitrogen and oxygen atoms in total. The molecule has 0 aliphatic carbocycles. The summed E-state index contributed by atoms with van der Waals surface area (Å²) in [6, 6.07) is 14.8. The van der Waals surface area contributed by atoms with Crippen molar-refractivity contribution in [2.75, 3.05) is 0 Å². The lowest BCUT2D eigenvalue weighted by molar-refractivity contribution is 0.112. The third-order valence-electron chi connectivity index (χ3n) is 3.64. The Balaban J connectivity index is 2.50. The van der Waals surface area contributed by atoms with Crippen molar-refractivity contribution in [3.63, 3.8) is 0 Å². The van der Waals surface area contributed by atoms with Crippen LogP contribution in [0.15, 0.2) is 42.5 Å². The van der Waals surface area contributed by atoms with Crippen LogP contribution < -0.4 is 0 Å². The van der Waals surface area contributed by atoms with Crippen LogP contribution in [-0.2, 0) is 0 Å².